The maximum Gasteiger partial charge on any atom is 0.101 e. The molecule has 32 heavy (non-hydrogen) atoms. The van der Waals surface area contributed by atoms with Gasteiger partial charge in [0.05, 0.1) is 16.3 Å². The van der Waals surface area contributed by atoms with Crippen LogP contribution >= 0.6 is 58.4 Å². The highest BCUT2D eigenvalue weighted by Crippen LogP contribution is 2.40. The van der Waals surface area contributed by atoms with Crippen LogP contribution in [0.4, 0.5) is 5.69 Å². The van der Waals surface area contributed by atoms with E-state index in [4.69, 9.17) is 51.1 Å². The highest BCUT2D eigenvalue weighted by Gasteiger charge is 2.16. The molecule has 4 aromatic rings. The molecule has 2 nitrogen and oxygen atoms in total. The predicted molar refractivity (Wildman–Crippen MR) is 136 cm³/mol. The molecule has 4 aromatic carbocycles. The number of halogens is 4. The normalized spacial score (nSPS) is 10.6. The molecule has 0 spiro atoms. The minimum Gasteiger partial charge on any atom is -0.209 e. The van der Waals surface area contributed by atoms with E-state index in [9.17, 15) is 5.26 Å². The van der Waals surface area contributed by atoms with E-state index in [-0.39, 0.29) is 0 Å². The zero-order chi connectivity index (χ0) is 22.7. The standard InChI is InChI=1S/C25H13Cl4N2S/c26-19-5-1-15(2-6-19)17-11-18(14-30)25(22(12-17)16-3-7-20(27)8-4-16)31-32-24-10-9-21(28)13-23(24)29/h1-13H. The molecule has 7 heteroatoms. The van der Waals surface area contributed by atoms with Crippen LogP contribution in [-0.2, 0) is 0 Å². The van der Waals surface area contributed by atoms with Gasteiger partial charge >= 0.3 is 0 Å². The van der Waals surface area contributed by atoms with E-state index in [1.54, 1.807) is 18.2 Å². The third kappa shape index (κ3) is 5.18. The summed E-state index contributed by atoms with van der Waals surface area (Å²) in [6.07, 6.45) is 0. The van der Waals surface area contributed by atoms with Crippen molar-refractivity contribution in [2.75, 3.05) is 0 Å². The number of hydrogen-bond acceptors (Lipinski definition) is 2. The molecule has 0 fully saturated rings. The summed E-state index contributed by atoms with van der Waals surface area (Å²) in [4.78, 5) is 0.740. The summed E-state index contributed by atoms with van der Waals surface area (Å²) in [5, 5.41) is 12.3. The fourth-order valence-corrected chi connectivity index (χ4v) is 4.55. The van der Waals surface area contributed by atoms with Crippen LogP contribution in [0.2, 0.25) is 20.1 Å². The van der Waals surface area contributed by atoms with Gasteiger partial charge in [-0.25, -0.2) is 4.72 Å². The number of hydrogen-bond donors (Lipinski definition) is 0. The smallest absolute Gasteiger partial charge is 0.101 e. The molecule has 0 saturated carbocycles. The fraction of sp³-hybridized carbons (Fsp3) is 0. The van der Waals surface area contributed by atoms with Crippen molar-refractivity contribution in [2.24, 2.45) is 0 Å². The second kappa shape index (κ2) is 10.1. The van der Waals surface area contributed by atoms with Gasteiger partial charge in [0.1, 0.15) is 6.07 Å². The maximum atomic E-state index is 9.93. The molecule has 157 valence electrons. The first-order valence-corrected chi connectivity index (χ1v) is 11.7. The van der Waals surface area contributed by atoms with Gasteiger partial charge in [-0.2, -0.15) is 5.26 Å². The summed E-state index contributed by atoms with van der Waals surface area (Å²) in [5.74, 6) is 0. The average Bonchev–Trinajstić information content (AvgIpc) is 2.79. The van der Waals surface area contributed by atoms with Gasteiger partial charge in [-0.1, -0.05) is 70.7 Å². The van der Waals surface area contributed by atoms with Gasteiger partial charge in [-0.05, 0) is 71.3 Å². The lowest BCUT2D eigenvalue weighted by molar-refractivity contribution is 1.32. The lowest BCUT2D eigenvalue weighted by atomic mass is 9.94. The second-order valence-corrected chi connectivity index (χ2v) is 9.32. The third-order valence-corrected chi connectivity index (χ3v) is 6.68. The fourth-order valence-electron chi connectivity index (χ4n) is 3.12. The molecule has 0 aromatic heterocycles. The first kappa shape index (κ1) is 22.9. The van der Waals surface area contributed by atoms with Crippen LogP contribution in [0, 0.1) is 11.3 Å². The Morgan fingerprint density at radius 2 is 1.25 bits per heavy atom. The Kier molecular flexibility index (Phi) is 7.20. The number of nitriles is 1. The van der Waals surface area contributed by atoms with E-state index in [0.29, 0.717) is 31.3 Å². The zero-order valence-corrected chi connectivity index (χ0v) is 20.2. The second-order valence-electron chi connectivity index (χ2n) is 6.80. The van der Waals surface area contributed by atoms with E-state index in [1.165, 1.54) is 11.9 Å². The molecule has 1 radical (unpaired) electrons. The van der Waals surface area contributed by atoms with Gasteiger partial charge in [0.15, 0.2) is 0 Å². The SMILES string of the molecule is N#Cc1cc(-c2ccc(Cl)cc2)cc(-c2ccc(Cl)cc2)c1[N]Sc1ccc(Cl)cc1Cl. The van der Waals surface area contributed by atoms with Gasteiger partial charge in [0.25, 0.3) is 0 Å². The summed E-state index contributed by atoms with van der Waals surface area (Å²) in [6.45, 7) is 0. The van der Waals surface area contributed by atoms with Crippen LogP contribution in [-0.4, -0.2) is 0 Å². The van der Waals surface area contributed by atoms with Crippen LogP contribution < -0.4 is 4.72 Å². The Balaban J connectivity index is 1.82. The third-order valence-electron chi connectivity index (χ3n) is 4.69. The van der Waals surface area contributed by atoms with Crippen molar-refractivity contribution in [3.63, 3.8) is 0 Å². The summed E-state index contributed by atoms with van der Waals surface area (Å²) in [5.41, 5.74) is 4.53. The van der Waals surface area contributed by atoms with Gasteiger partial charge in [-0.3, -0.25) is 0 Å². The summed E-state index contributed by atoms with van der Waals surface area (Å²) < 4.78 is 4.70. The van der Waals surface area contributed by atoms with E-state index in [2.05, 4.69) is 6.07 Å². The Morgan fingerprint density at radius 3 is 1.84 bits per heavy atom. The molecule has 0 atom stereocenters. The van der Waals surface area contributed by atoms with Crippen LogP contribution in [0.15, 0.2) is 83.8 Å². The molecule has 0 N–H and O–H groups in total. The van der Waals surface area contributed by atoms with Crippen LogP contribution in [0.3, 0.4) is 0 Å². The number of rotatable bonds is 5. The first-order chi connectivity index (χ1) is 15.4. The Morgan fingerprint density at radius 1 is 0.656 bits per heavy atom. The Bertz CT molecular complexity index is 1310. The topological polar surface area (TPSA) is 37.9 Å². The summed E-state index contributed by atoms with van der Waals surface area (Å²) in [7, 11) is 0. The van der Waals surface area contributed by atoms with Gasteiger partial charge in [-0.15, -0.1) is 0 Å². The lowest BCUT2D eigenvalue weighted by Gasteiger charge is -2.15. The van der Waals surface area contributed by atoms with E-state index in [0.717, 1.165) is 27.1 Å². The van der Waals surface area contributed by atoms with E-state index in [1.807, 2.05) is 60.7 Å². The van der Waals surface area contributed by atoms with Crippen LogP contribution in [0.25, 0.3) is 22.3 Å². The minimum absolute atomic E-state index is 0.444. The molecule has 0 saturated heterocycles. The molecular weight excluding hydrogens is 502 g/mol. The zero-order valence-electron chi connectivity index (χ0n) is 16.3. The highest BCUT2D eigenvalue weighted by molar-refractivity contribution is 7.97. The quantitative estimate of drug-likeness (QED) is 0.248. The van der Waals surface area contributed by atoms with Gasteiger partial charge in [0, 0.05) is 37.5 Å². The first-order valence-electron chi connectivity index (χ1n) is 9.38. The molecule has 0 aliphatic rings. The van der Waals surface area contributed by atoms with E-state index < -0.39 is 0 Å². The Hall–Kier alpha value is -2.32. The highest BCUT2D eigenvalue weighted by atomic mass is 35.5. The molecule has 0 heterocycles. The molecular formula is C25H13Cl4N2S. The van der Waals surface area contributed by atoms with Crippen molar-refractivity contribution in [3.05, 3.63) is 105 Å². The van der Waals surface area contributed by atoms with Crippen LogP contribution in [0.1, 0.15) is 5.56 Å². The molecule has 0 unspecified atom stereocenters. The van der Waals surface area contributed by atoms with Crippen LogP contribution in [0.5, 0.6) is 0 Å². The largest absolute Gasteiger partial charge is 0.209 e. The van der Waals surface area contributed by atoms with Crippen molar-refractivity contribution in [2.45, 2.75) is 4.90 Å². The number of benzene rings is 4. The van der Waals surface area contributed by atoms with Crippen molar-refractivity contribution in [1.29, 1.82) is 5.26 Å². The molecule has 0 aliphatic heterocycles. The van der Waals surface area contributed by atoms with Crippen molar-refractivity contribution in [3.8, 4) is 28.3 Å². The molecule has 0 aliphatic carbocycles. The molecule has 4 rings (SSSR count). The summed E-state index contributed by atoms with van der Waals surface area (Å²) >= 11 is 25.6. The van der Waals surface area contributed by atoms with E-state index >= 15 is 0 Å². The Labute approximate surface area is 210 Å². The van der Waals surface area contributed by atoms with Crippen molar-refractivity contribution in [1.82, 2.24) is 4.72 Å². The summed E-state index contributed by atoms with van der Waals surface area (Å²) in [6, 6.07) is 26.2. The van der Waals surface area contributed by atoms with Gasteiger partial charge < -0.3 is 0 Å². The maximum absolute atomic E-state index is 9.93. The number of nitrogens with zero attached hydrogens (tertiary/aromatic N) is 2. The van der Waals surface area contributed by atoms with Crippen molar-refractivity contribution < 1.29 is 0 Å². The molecule has 0 amide bonds. The average molecular weight is 515 g/mol. The molecule has 0 bridgehead atoms. The minimum atomic E-state index is 0.444. The predicted octanol–water partition coefficient (Wildman–Crippen LogP) is 9.45. The van der Waals surface area contributed by atoms with Gasteiger partial charge in [0.2, 0.25) is 0 Å². The lowest BCUT2D eigenvalue weighted by Crippen LogP contribution is -1.96. The monoisotopic (exact) mass is 513 g/mol. The van der Waals surface area contributed by atoms with Crippen molar-refractivity contribution >= 4 is 64.0 Å².